The Morgan fingerprint density at radius 3 is 1.56 bits per heavy atom. The van der Waals surface area contributed by atoms with E-state index in [0.29, 0.717) is 0 Å². The van der Waals surface area contributed by atoms with Gasteiger partial charge in [0.15, 0.2) is 0 Å². The Morgan fingerprint density at radius 1 is 1.00 bits per heavy atom. The van der Waals surface area contributed by atoms with E-state index in [2.05, 4.69) is 27.7 Å². The molecule has 0 fully saturated rings. The first kappa shape index (κ1) is 8.96. The van der Waals surface area contributed by atoms with Crippen molar-refractivity contribution in [1.29, 1.82) is 0 Å². The van der Waals surface area contributed by atoms with Crippen molar-refractivity contribution < 1.29 is 0 Å². The third-order valence-corrected chi connectivity index (χ3v) is 2.62. The Hall–Kier alpha value is -0.0400. The van der Waals surface area contributed by atoms with Crippen molar-refractivity contribution in [3.05, 3.63) is 0 Å². The topological polar surface area (TPSA) is 0 Å². The van der Waals surface area contributed by atoms with Gasteiger partial charge in [-0.05, 0) is 36.4 Å². The lowest BCUT2D eigenvalue weighted by Gasteiger charge is -1.89. The molecule has 0 heterocycles. The van der Waals surface area contributed by atoms with Crippen molar-refractivity contribution in [2.75, 3.05) is 0 Å². The molecule has 0 radical (unpaired) electrons. The van der Waals surface area contributed by atoms with Crippen molar-refractivity contribution in [3.63, 3.8) is 0 Å². The maximum Gasteiger partial charge on any atom is -0.0212 e. The zero-order chi connectivity index (χ0) is 7.28. The van der Waals surface area contributed by atoms with E-state index in [1.807, 2.05) is 10.9 Å². The Morgan fingerprint density at radius 2 is 1.33 bits per heavy atom. The van der Waals surface area contributed by atoms with Crippen LogP contribution in [-0.2, 0) is 0 Å². The van der Waals surface area contributed by atoms with E-state index in [0.717, 1.165) is 0 Å². The molecule has 0 bridgehead atoms. The standard InChI is InChI=1S/C8H16S/c1-5-7(3)9-8(4)6-2/h5-6H2,1-4H3. The Labute approximate surface area is 61.8 Å². The molecule has 54 valence electrons. The first-order chi connectivity index (χ1) is 4.20. The first-order valence-electron chi connectivity index (χ1n) is 3.53. The van der Waals surface area contributed by atoms with Crippen LogP contribution < -0.4 is 0 Å². The van der Waals surface area contributed by atoms with Crippen LogP contribution in [0.15, 0.2) is 0 Å². The fourth-order valence-electron chi connectivity index (χ4n) is 0.442. The van der Waals surface area contributed by atoms with Crippen LogP contribution in [0.2, 0.25) is 0 Å². The fourth-order valence-corrected chi connectivity index (χ4v) is 1.33. The summed E-state index contributed by atoms with van der Waals surface area (Å²) >= 11 is 0. The molecule has 0 spiro atoms. The van der Waals surface area contributed by atoms with E-state index >= 15 is 0 Å². The van der Waals surface area contributed by atoms with E-state index < -0.39 is 0 Å². The minimum Gasteiger partial charge on any atom is -0.155 e. The summed E-state index contributed by atoms with van der Waals surface area (Å²) in [5.74, 6) is 0. The van der Waals surface area contributed by atoms with Crippen LogP contribution in [0.3, 0.4) is 0 Å². The number of hydrogen-bond donors (Lipinski definition) is 0. The van der Waals surface area contributed by atoms with E-state index in [9.17, 15) is 0 Å². The lowest BCUT2D eigenvalue weighted by molar-refractivity contribution is 1.30. The average molecular weight is 144 g/mol. The second-order valence-corrected chi connectivity index (χ2v) is 3.81. The van der Waals surface area contributed by atoms with Crippen molar-refractivity contribution >= 4 is 20.7 Å². The van der Waals surface area contributed by atoms with Gasteiger partial charge in [0.2, 0.25) is 0 Å². The fraction of sp³-hybridized carbons (Fsp3) is 0.750. The summed E-state index contributed by atoms with van der Waals surface area (Å²) in [5.41, 5.74) is 0. The molecule has 0 aromatic rings. The minimum absolute atomic E-state index is 1.20. The molecule has 0 saturated carbocycles. The van der Waals surface area contributed by atoms with Crippen LogP contribution in [-0.4, -0.2) is 9.73 Å². The minimum atomic E-state index is 1.20. The van der Waals surface area contributed by atoms with Gasteiger partial charge >= 0.3 is 0 Å². The predicted octanol–water partition coefficient (Wildman–Crippen LogP) is 2.92. The number of hydrogen-bond acceptors (Lipinski definition) is 0. The molecule has 0 atom stereocenters. The Kier molecular flexibility index (Phi) is 4.78. The highest BCUT2D eigenvalue weighted by atomic mass is 32.1. The zero-order valence-electron chi connectivity index (χ0n) is 6.82. The Bertz CT molecular complexity index is 125. The van der Waals surface area contributed by atoms with Crippen LogP contribution >= 0.6 is 10.9 Å². The Balaban J connectivity index is 4.19. The van der Waals surface area contributed by atoms with Crippen molar-refractivity contribution in [3.8, 4) is 0 Å². The molecule has 0 nitrogen and oxygen atoms in total. The van der Waals surface area contributed by atoms with Gasteiger partial charge in [-0.15, -0.1) is 0 Å². The van der Waals surface area contributed by atoms with Gasteiger partial charge in [0.05, 0.1) is 0 Å². The van der Waals surface area contributed by atoms with Gasteiger partial charge in [-0.3, -0.25) is 0 Å². The van der Waals surface area contributed by atoms with Gasteiger partial charge < -0.3 is 0 Å². The molecule has 0 aromatic carbocycles. The molecule has 0 aliphatic heterocycles. The van der Waals surface area contributed by atoms with Crippen molar-refractivity contribution in [2.24, 2.45) is 0 Å². The van der Waals surface area contributed by atoms with Crippen molar-refractivity contribution in [1.82, 2.24) is 0 Å². The van der Waals surface area contributed by atoms with Crippen LogP contribution in [0.25, 0.3) is 0 Å². The van der Waals surface area contributed by atoms with Crippen LogP contribution in [0.1, 0.15) is 40.5 Å². The van der Waals surface area contributed by atoms with Gasteiger partial charge in [-0.25, -0.2) is 0 Å². The molecule has 0 N–H and O–H groups in total. The molecule has 0 unspecified atom stereocenters. The van der Waals surface area contributed by atoms with Gasteiger partial charge in [0, 0.05) is 0 Å². The van der Waals surface area contributed by atoms with Crippen molar-refractivity contribution in [2.45, 2.75) is 40.5 Å². The SMILES string of the molecule is CCC(C)=S=C(C)CC. The second kappa shape index (κ2) is 4.80. The average Bonchev–Trinajstić information content (AvgIpc) is 1.87. The molecule has 0 amide bonds. The third-order valence-electron chi connectivity index (χ3n) is 1.34. The molecule has 0 aliphatic rings. The predicted molar refractivity (Wildman–Crippen MR) is 49.5 cm³/mol. The molecule has 9 heavy (non-hydrogen) atoms. The van der Waals surface area contributed by atoms with Crippen LogP contribution in [0.4, 0.5) is 0 Å². The van der Waals surface area contributed by atoms with E-state index in [1.54, 1.807) is 0 Å². The first-order valence-corrected chi connectivity index (χ1v) is 4.35. The van der Waals surface area contributed by atoms with E-state index in [1.165, 1.54) is 22.6 Å². The molecule has 0 aromatic heterocycles. The van der Waals surface area contributed by atoms with E-state index in [-0.39, 0.29) is 0 Å². The molecular weight excluding hydrogens is 128 g/mol. The van der Waals surface area contributed by atoms with Crippen LogP contribution in [0, 0.1) is 0 Å². The summed E-state index contributed by atoms with van der Waals surface area (Å²) in [5, 5.41) is 0. The van der Waals surface area contributed by atoms with E-state index in [4.69, 9.17) is 0 Å². The maximum absolute atomic E-state index is 2.20. The van der Waals surface area contributed by atoms with Gasteiger partial charge in [-0.2, -0.15) is 10.9 Å². The lowest BCUT2D eigenvalue weighted by Crippen LogP contribution is -1.85. The van der Waals surface area contributed by atoms with Gasteiger partial charge in [0.1, 0.15) is 0 Å². The largest absolute Gasteiger partial charge is 0.155 e. The smallest absolute Gasteiger partial charge is 0.0212 e. The van der Waals surface area contributed by atoms with Gasteiger partial charge in [0.25, 0.3) is 0 Å². The highest BCUT2D eigenvalue weighted by molar-refractivity contribution is 7.98. The summed E-state index contributed by atoms with van der Waals surface area (Å²) in [7, 11) is 1.93. The second-order valence-electron chi connectivity index (χ2n) is 2.21. The number of rotatable bonds is 2. The maximum atomic E-state index is 2.20. The lowest BCUT2D eigenvalue weighted by atomic mass is 10.4. The monoisotopic (exact) mass is 144 g/mol. The van der Waals surface area contributed by atoms with Gasteiger partial charge in [-0.1, -0.05) is 13.8 Å². The molecule has 0 aliphatic carbocycles. The summed E-state index contributed by atoms with van der Waals surface area (Å²) in [6, 6.07) is 0. The van der Waals surface area contributed by atoms with Crippen LogP contribution in [0.5, 0.6) is 0 Å². The molecule has 0 saturated heterocycles. The quantitative estimate of drug-likeness (QED) is 0.523. The molecular formula is C8H16S. The molecule has 1 heteroatoms. The summed E-state index contributed by atoms with van der Waals surface area (Å²) in [4.78, 5) is 3.05. The summed E-state index contributed by atoms with van der Waals surface area (Å²) in [6.07, 6.45) is 2.39. The summed E-state index contributed by atoms with van der Waals surface area (Å²) < 4.78 is 0. The zero-order valence-corrected chi connectivity index (χ0v) is 7.64. The highest BCUT2D eigenvalue weighted by Gasteiger charge is 1.81. The third kappa shape index (κ3) is 4.46. The molecule has 0 rings (SSSR count). The normalized spacial score (nSPS) is 8.89. The highest BCUT2D eigenvalue weighted by Crippen LogP contribution is 1.92. The summed E-state index contributed by atoms with van der Waals surface area (Å²) in [6.45, 7) is 8.80.